The molecule has 0 heterocycles. The monoisotopic (exact) mass is 143 g/mol. The zero-order valence-electron chi connectivity index (χ0n) is 6.91. The Bertz CT molecular complexity index is 103. The van der Waals surface area contributed by atoms with Crippen LogP contribution in [0.1, 0.15) is 27.2 Å². The van der Waals surface area contributed by atoms with E-state index in [1.54, 1.807) is 0 Å². The molecule has 0 amide bonds. The van der Waals surface area contributed by atoms with Crippen molar-refractivity contribution in [3.05, 3.63) is 10.9 Å². The summed E-state index contributed by atoms with van der Waals surface area (Å²) in [7, 11) is 1.19. The molecule has 0 aliphatic carbocycles. The van der Waals surface area contributed by atoms with Crippen LogP contribution in [0.2, 0.25) is 0 Å². The number of hydrogen-bond donors (Lipinski definition) is 1. The first-order valence-electron chi connectivity index (χ1n) is 3.56. The Labute approximate surface area is 61.0 Å². The zero-order valence-corrected chi connectivity index (χ0v) is 8.91. The predicted molar refractivity (Wildman–Crippen MR) is 46.6 cm³/mol. The van der Waals surface area contributed by atoms with Gasteiger partial charge in [0.25, 0.3) is 0 Å². The first kappa shape index (κ1) is 8.76. The van der Waals surface area contributed by atoms with E-state index in [2.05, 4.69) is 26.1 Å². The lowest BCUT2D eigenvalue weighted by Crippen LogP contribution is -2.13. The summed E-state index contributed by atoms with van der Waals surface area (Å²) in [6.07, 6.45) is 1.21. The fourth-order valence-electron chi connectivity index (χ4n) is 0.489. The van der Waals surface area contributed by atoms with Gasteiger partial charge in [-0.15, -0.1) is 0 Å². The molecule has 2 heteroatoms. The molecule has 0 saturated heterocycles. The molecule has 1 nitrogen and oxygen atoms in total. The summed E-state index contributed by atoms with van der Waals surface area (Å²) in [5.41, 5.74) is 1.38. The van der Waals surface area contributed by atoms with Gasteiger partial charge >= 0.3 is 0 Å². The van der Waals surface area contributed by atoms with Crippen molar-refractivity contribution in [1.82, 2.24) is 5.32 Å². The second kappa shape index (κ2) is 4.62. The lowest BCUT2D eigenvalue weighted by Gasteiger charge is -2.05. The highest BCUT2D eigenvalue weighted by Crippen LogP contribution is 1.92. The first-order valence-corrected chi connectivity index (χ1v) is 4.56. The minimum absolute atomic E-state index is 1.12. The molecule has 0 radical (unpaired) electrons. The van der Waals surface area contributed by atoms with E-state index in [1.165, 1.54) is 27.6 Å². The Morgan fingerprint density at radius 2 is 2.00 bits per heavy atom. The Hall–Kier alpha value is -0.243. The molecule has 0 unspecified atom stereocenters. The highest BCUT2D eigenvalue weighted by Gasteiger charge is 1.86. The van der Waals surface area contributed by atoms with Gasteiger partial charge in [0.1, 0.15) is 0 Å². The first-order chi connectivity index (χ1) is 4.18. The molecule has 0 spiro atoms. The van der Waals surface area contributed by atoms with Gasteiger partial charge in [0.05, 0.1) is 0 Å². The third-order valence-corrected chi connectivity index (χ3v) is 2.14. The molecule has 0 aliphatic heterocycles. The summed E-state index contributed by atoms with van der Waals surface area (Å²) in [5.74, 6) is 0. The average molecular weight is 143 g/mol. The fraction of sp³-hybridized carbons (Fsp3) is 0.714. The maximum absolute atomic E-state index is 3.35. The van der Waals surface area contributed by atoms with Gasteiger partial charge in [-0.3, -0.25) is 0 Å². The van der Waals surface area contributed by atoms with Gasteiger partial charge in [-0.05, 0) is 20.3 Å². The van der Waals surface area contributed by atoms with E-state index in [0.29, 0.717) is 0 Å². The summed E-state index contributed by atoms with van der Waals surface area (Å²) in [6, 6.07) is 0. The van der Waals surface area contributed by atoms with Crippen LogP contribution >= 0.6 is 0 Å². The Morgan fingerprint density at radius 3 is 2.33 bits per heavy atom. The van der Waals surface area contributed by atoms with E-state index in [9.17, 15) is 0 Å². The van der Waals surface area contributed by atoms with Gasteiger partial charge in [-0.2, -0.15) is 0 Å². The molecular formula is C7H17NSi. The average Bonchev–Trinajstić information content (AvgIpc) is 1.82. The molecule has 0 aromatic heterocycles. The molecule has 0 saturated carbocycles. The van der Waals surface area contributed by atoms with Crippen molar-refractivity contribution >= 4 is 10.2 Å². The number of rotatable bonds is 3. The Balaban J connectivity index is 3.50. The zero-order chi connectivity index (χ0) is 7.28. The molecule has 0 aliphatic rings. The fourth-order valence-corrected chi connectivity index (χ4v) is 0.666. The summed E-state index contributed by atoms with van der Waals surface area (Å²) in [6.45, 7) is 7.64. The second-order valence-corrected chi connectivity index (χ2v) is 4.05. The maximum Gasteiger partial charge on any atom is 0.0351 e. The molecule has 54 valence electrons. The lowest BCUT2D eigenvalue weighted by atomic mass is 10.4. The predicted octanol–water partition coefficient (Wildman–Crippen LogP) is 0.603. The van der Waals surface area contributed by atoms with Gasteiger partial charge in [-0.1, -0.05) is 12.1 Å². The van der Waals surface area contributed by atoms with Crippen LogP contribution < -0.4 is 5.32 Å². The van der Waals surface area contributed by atoms with Crippen molar-refractivity contribution < 1.29 is 0 Å². The third kappa shape index (κ3) is 4.27. The van der Waals surface area contributed by atoms with Crippen molar-refractivity contribution in [3.8, 4) is 0 Å². The molecule has 0 bridgehead atoms. The summed E-state index contributed by atoms with van der Waals surface area (Å²) in [5, 5.41) is 4.86. The number of allylic oxidation sites excluding steroid dienone is 2. The molecule has 1 N–H and O–H groups in total. The lowest BCUT2D eigenvalue weighted by molar-refractivity contribution is 0.766. The van der Waals surface area contributed by atoms with E-state index in [4.69, 9.17) is 0 Å². The minimum Gasteiger partial charge on any atom is -0.389 e. The topological polar surface area (TPSA) is 12.0 Å². The van der Waals surface area contributed by atoms with Gasteiger partial charge in [0.2, 0.25) is 0 Å². The highest BCUT2D eigenvalue weighted by molar-refractivity contribution is 6.21. The van der Waals surface area contributed by atoms with E-state index in [0.717, 1.165) is 6.54 Å². The van der Waals surface area contributed by atoms with E-state index < -0.39 is 0 Å². The number of nitrogens with one attached hydrogen (secondary N) is 1. The van der Waals surface area contributed by atoms with E-state index in [1.807, 2.05) is 0 Å². The molecule has 0 atom stereocenters. The number of hydrogen-bond acceptors (Lipinski definition) is 1. The molecule has 0 fully saturated rings. The van der Waals surface area contributed by atoms with E-state index >= 15 is 0 Å². The van der Waals surface area contributed by atoms with Gasteiger partial charge < -0.3 is 5.32 Å². The molecule has 0 aromatic rings. The summed E-state index contributed by atoms with van der Waals surface area (Å²) >= 11 is 0. The van der Waals surface area contributed by atoms with Crippen LogP contribution in [0.25, 0.3) is 0 Å². The normalized spacial score (nSPS) is 13.2. The van der Waals surface area contributed by atoms with Crippen LogP contribution in [0.3, 0.4) is 0 Å². The van der Waals surface area contributed by atoms with Crippen molar-refractivity contribution in [3.63, 3.8) is 0 Å². The third-order valence-electron chi connectivity index (χ3n) is 1.39. The van der Waals surface area contributed by atoms with Crippen LogP contribution in [0, 0.1) is 0 Å². The SMILES string of the molecule is CCCNC(C)=C(C)[SiH3]. The standard InChI is InChI=1S/C7H17NSi/c1-4-5-8-6(2)7(3)9/h8H,4-5H2,1-3,9H3. The van der Waals surface area contributed by atoms with Crippen LogP contribution in [0.15, 0.2) is 10.9 Å². The Morgan fingerprint density at radius 1 is 1.44 bits per heavy atom. The van der Waals surface area contributed by atoms with Gasteiger partial charge in [0, 0.05) is 22.5 Å². The molecule has 9 heavy (non-hydrogen) atoms. The summed E-state index contributed by atoms with van der Waals surface area (Å²) < 4.78 is 0. The van der Waals surface area contributed by atoms with Crippen molar-refractivity contribution in [1.29, 1.82) is 0 Å². The van der Waals surface area contributed by atoms with Crippen LogP contribution in [0.4, 0.5) is 0 Å². The molecule has 0 aromatic carbocycles. The van der Waals surface area contributed by atoms with Crippen molar-refractivity contribution in [2.45, 2.75) is 27.2 Å². The van der Waals surface area contributed by atoms with Gasteiger partial charge in [-0.25, -0.2) is 0 Å². The quantitative estimate of drug-likeness (QED) is 0.571. The van der Waals surface area contributed by atoms with Crippen molar-refractivity contribution in [2.24, 2.45) is 0 Å². The van der Waals surface area contributed by atoms with Crippen LogP contribution in [-0.4, -0.2) is 16.8 Å². The smallest absolute Gasteiger partial charge is 0.0351 e. The largest absolute Gasteiger partial charge is 0.389 e. The second-order valence-electron chi connectivity index (χ2n) is 2.55. The van der Waals surface area contributed by atoms with Crippen molar-refractivity contribution in [2.75, 3.05) is 6.54 Å². The van der Waals surface area contributed by atoms with Crippen LogP contribution in [-0.2, 0) is 0 Å². The van der Waals surface area contributed by atoms with E-state index in [-0.39, 0.29) is 0 Å². The highest BCUT2D eigenvalue weighted by atomic mass is 28.1. The Kier molecular flexibility index (Phi) is 4.49. The maximum atomic E-state index is 3.35. The van der Waals surface area contributed by atoms with Crippen LogP contribution in [0.5, 0.6) is 0 Å². The van der Waals surface area contributed by atoms with Gasteiger partial charge in [0.15, 0.2) is 0 Å². The molecule has 0 rings (SSSR count). The minimum atomic E-state index is 1.12. The summed E-state index contributed by atoms with van der Waals surface area (Å²) in [4.78, 5) is 0. The molecular weight excluding hydrogens is 126 g/mol.